The summed E-state index contributed by atoms with van der Waals surface area (Å²) in [5.74, 6) is -0.221. The summed E-state index contributed by atoms with van der Waals surface area (Å²) in [5.41, 5.74) is 1.01. The highest BCUT2D eigenvalue weighted by molar-refractivity contribution is 5.72. The lowest BCUT2D eigenvalue weighted by Gasteiger charge is -2.28. The molecule has 0 aliphatic carbocycles. The predicted octanol–water partition coefficient (Wildman–Crippen LogP) is 3.94. The summed E-state index contributed by atoms with van der Waals surface area (Å²) in [5, 5.41) is 9.52. The maximum atomic E-state index is 11.6. The molecule has 3 nitrogen and oxygen atoms in total. The first-order valence-electron chi connectivity index (χ1n) is 6.88. The van der Waals surface area contributed by atoms with Crippen LogP contribution >= 0.6 is 0 Å². The third-order valence-electron chi connectivity index (χ3n) is 3.57. The molecule has 0 spiro atoms. The third kappa shape index (κ3) is 3.72. The van der Waals surface area contributed by atoms with Gasteiger partial charge in [0.15, 0.2) is 0 Å². The van der Waals surface area contributed by atoms with Crippen LogP contribution in [0.1, 0.15) is 45.1 Å². The number of para-hydroxylation sites is 1. The molecule has 19 heavy (non-hydrogen) atoms. The number of carboxylic acids is 1. The Morgan fingerprint density at radius 3 is 2.42 bits per heavy atom. The van der Waals surface area contributed by atoms with Gasteiger partial charge in [0.05, 0.1) is 13.0 Å². The molecule has 2 unspecified atom stereocenters. The van der Waals surface area contributed by atoms with Crippen molar-refractivity contribution >= 4 is 5.97 Å². The van der Waals surface area contributed by atoms with E-state index in [0.29, 0.717) is 0 Å². The van der Waals surface area contributed by atoms with E-state index < -0.39 is 5.97 Å². The van der Waals surface area contributed by atoms with Gasteiger partial charge in [0, 0.05) is 5.92 Å². The van der Waals surface area contributed by atoms with Crippen LogP contribution in [-0.4, -0.2) is 18.2 Å². The van der Waals surface area contributed by atoms with Crippen molar-refractivity contribution in [2.24, 2.45) is 11.8 Å². The van der Waals surface area contributed by atoms with Crippen molar-refractivity contribution < 1.29 is 14.6 Å². The molecular weight excluding hydrogens is 240 g/mol. The minimum atomic E-state index is -0.723. The van der Waals surface area contributed by atoms with Gasteiger partial charge in [0.25, 0.3) is 0 Å². The lowest BCUT2D eigenvalue weighted by atomic mass is 9.76. The molecule has 0 saturated carbocycles. The molecular formula is C16H24O3. The van der Waals surface area contributed by atoms with E-state index in [1.54, 1.807) is 7.11 Å². The fourth-order valence-electron chi connectivity index (χ4n) is 2.73. The molecule has 106 valence electrons. The maximum Gasteiger partial charge on any atom is 0.307 e. The average Bonchev–Trinajstić information content (AvgIpc) is 2.37. The van der Waals surface area contributed by atoms with Gasteiger partial charge in [-0.2, -0.15) is 0 Å². The Morgan fingerprint density at radius 2 is 1.95 bits per heavy atom. The van der Waals surface area contributed by atoms with Crippen LogP contribution in [0.3, 0.4) is 0 Å². The Labute approximate surface area is 115 Å². The smallest absolute Gasteiger partial charge is 0.307 e. The first-order valence-corrected chi connectivity index (χ1v) is 6.88. The van der Waals surface area contributed by atoms with Crippen molar-refractivity contribution in [1.29, 1.82) is 0 Å². The molecule has 0 aliphatic rings. The van der Waals surface area contributed by atoms with Gasteiger partial charge in [0.2, 0.25) is 0 Å². The molecule has 0 aliphatic heterocycles. The Morgan fingerprint density at radius 1 is 1.32 bits per heavy atom. The monoisotopic (exact) mass is 264 g/mol. The topological polar surface area (TPSA) is 46.5 Å². The Hall–Kier alpha value is -1.51. The van der Waals surface area contributed by atoms with Gasteiger partial charge >= 0.3 is 5.97 Å². The van der Waals surface area contributed by atoms with Crippen LogP contribution in [0.4, 0.5) is 0 Å². The molecule has 0 bridgehead atoms. The Kier molecular flexibility index (Phi) is 5.87. The zero-order valence-corrected chi connectivity index (χ0v) is 12.2. The van der Waals surface area contributed by atoms with Crippen molar-refractivity contribution in [3.8, 4) is 5.75 Å². The molecule has 1 aromatic carbocycles. The highest BCUT2D eigenvalue weighted by Crippen LogP contribution is 2.38. The molecule has 0 heterocycles. The van der Waals surface area contributed by atoms with E-state index in [-0.39, 0.29) is 17.8 Å². The molecule has 0 saturated heterocycles. The van der Waals surface area contributed by atoms with Gasteiger partial charge in [-0.3, -0.25) is 4.79 Å². The molecule has 1 aromatic rings. The summed E-state index contributed by atoms with van der Waals surface area (Å²) >= 11 is 0. The van der Waals surface area contributed by atoms with Gasteiger partial charge in [-0.15, -0.1) is 0 Å². The fourth-order valence-corrected chi connectivity index (χ4v) is 2.73. The highest BCUT2D eigenvalue weighted by atomic mass is 16.5. The zero-order valence-electron chi connectivity index (χ0n) is 12.2. The van der Waals surface area contributed by atoms with Crippen molar-refractivity contribution in [2.45, 2.75) is 39.5 Å². The fraction of sp³-hybridized carbons (Fsp3) is 0.562. The number of methoxy groups -OCH3 is 1. The van der Waals surface area contributed by atoms with E-state index in [0.717, 1.165) is 24.2 Å². The Balaban J connectivity index is 3.21. The summed E-state index contributed by atoms with van der Waals surface area (Å²) in [7, 11) is 1.63. The van der Waals surface area contributed by atoms with Crippen LogP contribution in [0.25, 0.3) is 0 Å². The second kappa shape index (κ2) is 7.17. The van der Waals surface area contributed by atoms with E-state index in [9.17, 15) is 9.90 Å². The number of carbonyl (C=O) groups is 1. The van der Waals surface area contributed by atoms with Gasteiger partial charge in [-0.05, 0) is 24.0 Å². The van der Waals surface area contributed by atoms with Gasteiger partial charge in [0.1, 0.15) is 5.75 Å². The number of ether oxygens (including phenoxy) is 1. The molecule has 0 amide bonds. The quantitative estimate of drug-likeness (QED) is 0.811. The predicted molar refractivity (Wildman–Crippen MR) is 76.6 cm³/mol. The number of carboxylic acid groups (broad SMARTS) is 1. The Bertz CT molecular complexity index is 412. The molecule has 0 fully saturated rings. The van der Waals surface area contributed by atoms with E-state index in [2.05, 4.69) is 6.92 Å². The zero-order chi connectivity index (χ0) is 14.4. The van der Waals surface area contributed by atoms with Gasteiger partial charge in [-0.25, -0.2) is 0 Å². The minimum absolute atomic E-state index is 0.00125. The summed E-state index contributed by atoms with van der Waals surface area (Å²) in [6.45, 7) is 6.02. The third-order valence-corrected chi connectivity index (χ3v) is 3.57. The van der Waals surface area contributed by atoms with Crippen molar-refractivity contribution in [3.05, 3.63) is 29.8 Å². The van der Waals surface area contributed by atoms with Gasteiger partial charge < -0.3 is 9.84 Å². The van der Waals surface area contributed by atoms with Crippen molar-refractivity contribution in [2.75, 3.05) is 7.11 Å². The van der Waals surface area contributed by atoms with E-state index in [4.69, 9.17) is 4.74 Å². The lowest BCUT2D eigenvalue weighted by molar-refractivity contribution is -0.144. The van der Waals surface area contributed by atoms with Crippen molar-refractivity contribution in [3.63, 3.8) is 0 Å². The lowest BCUT2D eigenvalue weighted by Crippen LogP contribution is -2.27. The van der Waals surface area contributed by atoms with E-state index >= 15 is 0 Å². The first kappa shape index (κ1) is 15.5. The number of aliphatic carboxylic acids is 1. The molecule has 2 atom stereocenters. The number of hydrogen-bond donors (Lipinski definition) is 1. The normalized spacial score (nSPS) is 14.2. The minimum Gasteiger partial charge on any atom is -0.496 e. The number of benzene rings is 1. The highest BCUT2D eigenvalue weighted by Gasteiger charge is 2.32. The summed E-state index contributed by atoms with van der Waals surface area (Å²) in [6.07, 6.45) is 1.81. The van der Waals surface area contributed by atoms with Gasteiger partial charge in [-0.1, -0.05) is 45.4 Å². The summed E-state index contributed by atoms with van der Waals surface area (Å²) < 4.78 is 5.39. The second-order valence-corrected chi connectivity index (χ2v) is 5.25. The van der Waals surface area contributed by atoms with Crippen LogP contribution in [0, 0.1) is 11.8 Å². The van der Waals surface area contributed by atoms with Crippen molar-refractivity contribution in [1.82, 2.24) is 0 Å². The number of rotatable bonds is 7. The van der Waals surface area contributed by atoms with Crippen LogP contribution in [0.5, 0.6) is 5.75 Å². The molecule has 3 heteroatoms. The molecule has 1 N–H and O–H groups in total. The van der Waals surface area contributed by atoms with Crippen LogP contribution in [0.15, 0.2) is 24.3 Å². The molecule has 0 aromatic heterocycles. The molecule has 0 radical (unpaired) electrons. The number of hydrogen-bond acceptors (Lipinski definition) is 2. The van der Waals surface area contributed by atoms with Crippen LogP contribution in [-0.2, 0) is 4.79 Å². The standard InChI is InChI=1S/C16H24O3/c1-5-8-13(15(11(2)3)16(17)18)12-9-6-7-10-14(12)19-4/h6-7,9-11,13,15H,5,8H2,1-4H3,(H,17,18). The maximum absolute atomic E-state index is 11.6. The second-order valence-electron chi connectivity index (χ2n) is 5.25. The largest absolute Gasteiger partial charge is 0.496 e. The van der Waals surface area contributed by atoms with Crippen LogP contribution < -0.4 is 4.74 Å². The summed E-state index contributed by atoms with van der Waals surface area (Å²) in [6, 6.07) is 7.74. The first-order chi connectivity index (χ1) is 9.02. The van der Waals surface area contributed by atoms with E-state index in [1.165, 1.54) is 0 Å². The van der Waals surface area contributed by atoms with Crippen LogP contribution in [0.2, 0.25) is 0 Å². The summed E-state index contributed by atoms with van der Waals surface area (Å²) in [4.78, 5) is 11.6. The molecule has 1 rings (SSSR count). The average molecular weight is 264 g/mol. The van der Waals surface area contributed by atoms with E-state index in [1.807, 2.05) is 38.1 Å². The SMILES string of the molecule is CCCC(c1ccccc1OC)C(C(=O)O)C(C)C.